The fraction of sp³-hybridized carbons (Fsp3) is 0.176. The van der Waals surface area contributed by atoms with Crippen LogP contribution in [0.3, 0.4) is 0 Å². The molecule has 0 bridgehead atoms. The molecule has 1 heterocycles. The molecule has 0 atom stereocenters. The van der Waals surface area contributed by atoms with Gasteiger partial charge in [-0.25, -0.2) is 4.98 Å². The number of aromatic nitrogens is 2. The van der Waals surface area contributed by atoms with E-state index < -0.39 is 0 Å². The average molecular weight is 278 g/mol. The third kappa shape index (κ3) is 3.01. The SMILES string of the molecule is CN(Cc1ccc(CN)cc1)c1cnc2ccccc2n1. The molecule has 2 aromatic carbocycles. The van der Waals surface area contributed by atoms with Gasteiger partial charge in [-0.05, 0) is 23.3 Å². The maximum Gasteiger partial charge on any atom is 0.147 e. The molecule has 0 radical (unpaired) electrons. The zero-order chi connectivity index (χ0) is 14.7. The first kappa shape index (κ1) is 13.5. The Labute approximate surface area is 124 Å². The van der Waals surface area contributed by atoms with Crippen LogP contribution in [0.4, 0.5) is 5.82 Å². The lowest BCUT2D eigenvalue weighted by Gasteiger charge is -2.18. The number of nitrogens with two attached hydrogens (primary N) is 1. The second-order valence-electron chi connectivity index (χ2n) is 5.09. The zero-order valence-corrected chi connectivity index (χ0v) is 12.0. The van der Waals surface area contributed by atoms with Gasteiger partial charge in [0.15, 0.2) is 0 Å². The Hall–Kier alpha value is -2.46. The van der Waals surface area contributed by atoms with E-state index in [2.05, 4.69) is 39.1 Å². The molecule has 0 fully saturated rings. The molecule has 21 heavy (non-hydrogen) atoms. The Balaban J connectivity index is 1.80. The molecule has 0 saturated heterocycles. The number of nitrogens with zero attached hydrogens (tertiary/aromatic N) is 3. The van der Waals surface area contributed by atoms with E-state index in [4.69, 9.17) is 5.73 Å². The van der Waals surface area contributed by atoms with Gasteiger partial charge in [-0.3, -0.25) is 4.98 Å². The molecule has 3 aromatic rings. The maximum absolute atomic E-state index is 5.62. The molecule has 0 spiro atoms. The summed E-state index contributed by atoms with van der Waals surface area (Å²) in [6.45, 7) is 1.37. The predicted octanol–water partition coefficient (Wildman–Crippen LogP) is 2.72. The monoisotopic (exact) mass is 278 g/mol. The van der Waals surface area contributed by atoms with Crippen molar-refractivity contribution < 1.29 is 0 Å². The van der Waals surface area contributed by atoms with Crippen molar-refractivity contribution in [2.45, 2.75) is 13.1 Å². The number of benzene rings is 2. The molecular formula is C17H18N4. The van der Waals surface area contributed by atoms with Gasteiger partial charge in [-0.1, -0.05) is 36.4 Å². The van der Waals surface area contributed by atoms with Gasteiger partial charge in [0.25, 0.3) is 0 Å². The van der Waals surface area contributed by atoms with Crippen molar-refractivity contribution >= 4 is 16.9 Å². The van der Waals surface area contributed by atoms with Crippen molar-refractivity contribution in [1.82, 2.24) is 9.97 Å². The second-order valence-corrected chi connectivity index (χ2v) is 5.09. The Bertz CT molecular complexity index is 737. The Morgan fingerprint density at radius 1 is 0.952 bits per heavy atom. The lowest BCUT2D eigenvalue weighted by atomic mass is 10.1. The lowest BCUT2D eigenvalue weighted by molar-refractivity contribution is 0.895. The normalized spacial score (nSPS) is 10.8. The molecule has 0 aliphatic heterocycles. The van der Waals surface area contributed by atoms with Crippen molar-refractivity contribution in [3.63, 3.8) is 0 Å². The fourth-order valence-electron chi connectivity index (χ4n) is 2.27. The summed E-state index contributed by atoms with van der Waals surface area (Å²) in [5, 5.41) is 0. The van der Waals surface area contributed by atoms with E-state index >= 15 is 0 Å². The number of fused-ring (bicyclic) bond motifs is 1. The van der Waals surface area contributed by atoms with Crippen molar-refractivity contribution in [1.29, 1.82) is 0 Å². The van der Waals surface area contributed by atoms with Crippen LogP contribution in [0.15, 0.2) is 54.7 Å². The highest BCUT2D eigenvalue weighted by atomic mass is 15.2. The Morgan fingerprint density at radius 3 is 2.33 bits per heavy atom. The number of hydrogen-bond acceptors (Lipinski definition) is 4. The quantitative estimate of drug-likeness (QED) is 0.797. The summed E-state index contributed by atoms with van der Waals surface area (Å²) < 4.78 is 0. The van der Waals surface area contributed by atoms with Crippen molar-refractivity contribution in [2.24, 2.45) is 5.73 Å². The number of para-hydroxylation sites is 2. The van der Waals surface area contributed by atoms with Crippen LogP contribution in [-0.4, -0.2) is 17.0 Å². The van der Waals surface area contributed by atoms with E-state index in [1.807, 2.05) is 37.5 Å². The maximum atomic E-state index is 5.62. The van der Waals surface area contributed by atoms with E-state index in [-0.39, 0.29) is 0 Å². The first-order valence-electron chi connectivity index (χ1n) is 6.97. The molecule has 106 valence electrons. The summed E-state index contributed by atoms with van der Waals surface area (Å²) in [4.78, 5) is 11.2. The van der Waals surface area contributed by atoms with Gasteiger partial charge in [0.2, 0.25) is 0 Å². The Morgan fingerprint density at radius 2 is 1.62 bits per heavy atom. The summed E-state index contributed by atoms with van der Waals surface area (Å²) in [6, 6.07) is 16.2. The second kappa shape index (κ2) is 5.89. The molecule has 1 aromatic heterocycles. The largest absolute Gasteiger partial charge is 0.354 e. The highest BCUT2D eigenvalue weighted by molar-refractivity contribution is 5.75. The molecule has 4 nitrogen and oxygen atoms in total. The minimum atomic E-state index is 0.576. The summed E-state index contributed by atoms with van der Waals surface area (Å²) in [7, 11) is 2.02. The van der Waals surface area contributed by atoms with Gasteiger partial charge in [0, 0.05) is 20.1 Å². The van der Waals surface area contributed by atoms with Crippen molar-refractivity contribution in [2.75, 3.05) is 11.9 Å². The smallest absolute Gasteiger partial charge is 0.147 e. The fourth-order valence-corrected chi connectivity index (χ4v) is 2.27. The standard InChI is InChI=1S/C17H18N4/c1-21(12-14-8-6-13(10-18)7-9-14)17-11-19-15-4-2-3-5-16(15)20-17/h2-9,11H,10,12,18H2,1H3. The molecule has 2 N–H and O–H groups in total. The molecule has 0 unspecified atom stereocenters. The van der Waals surface area contributed by atoms with E-state index in [1.54, 1.807) is 0 Å². The molecule has 0 saturated carbocycles. The molecule has 0 amide bonds. The molecule has 4 heteroatoms. The number of anilines is 1. The number of hydrogen-bond donors (Lipinski definition) is 1. The average Bonchev–Trinajstić information content (AvgIpc) is 2.55. The van der Waals surface area contributed by atoms with Gasteiger partial charge in [0.1, 0.15) is 5.82 Å². The first-order valence-corrected chi connectivity index (χ1v) is 6.97. The van der Waals surface area contributed by atoms with E-state index in [1.165, 1.54) is 5.56 Å². The van der Waals surface area contributed by atoms with Crippen LogP contribution < -0.4 is 10.6 Å². The predicted molar refractivity (Wildman–Crippen MR) is 86.0 cm³/mol. The van der Waals surface area contributed by atoms with Crippen LogP contribution in [0.25, 0.3) is 11.0 Å². The van der Waals surface area contributed by atoms with Crippen molar-refractivity contribution in [3.05, 3.63) is 65.9 Å². The third-order valence-corrected chi connectivity index (χ3v) is 3.51. The van der Waals surface area contributed by atoms with E-state index in [0.29, 0.717) is 6.54 Å². The molecule has 0 aliphatic carbocycles. The first-order chi connectivity index (χ1) is 10.3. The van der Waals surface area contributed by atoms with Crippen LogP contribution in [-0.2, 0) is 13.1 Å². The minimum absolute atomic E-state index is 0.576. The van der Waals surface area contributed by atoms with Crippen LogP contribution >= 0.6 is 0 Å². The Kier molecular flexibility index (Phi) is 3.79. The summed E-state index contributed by atoms with van der Waals surface area (Å²) in [5.74, 6) is 0.872. The van der Waals surface area contributed by atoms with Gasteiger partial charge in [-0.15, -0.1) is 0 Å². The van der Waals surface area contributed by atoms with Gasteiger partial charge in [0.05, 0.1) is 17.2 Å². The molecule has 3 rings (SSSR count). The van der Waals surface area contributed by atoms with Crippen LogP contribution in [0, 0.1) is 0 Å². The zero-order valence-electron chi connectivity index (χ0n) is 12.0. The minimum Gasteiger partial charge on any atom is -0.354 e. The van der Waals surface area contributed by atoms with Gasteiger partial charge >= 0.3 is 0 Å². The topological polar surface area (TPSA) is 55.0 Å². The van der Waals surface area contributed by atoms with Gasteiger partial charge in [-0.2, -0.15) is 0 Å². The summed E-state index contributed by atoms with van der Waals surface area (Å²) >= 11 is 0. The van der Waals surface area contributed by atoms with Gasteiger partial charge < -0.3 is 10.6 Å². The summed E-state index contributed by atoms with van der Waals surface area (Å²) in [6.07, 6.45) is 1.82. The highest BCUT2D eigenvalue weighted by Gasteiger charge is 2.05. The summed E-state index contributed by atoms with van der Waals surface area (Å²) in [5.41, 5.74) is 9.82. The van der Waals surface area contributed by atoms with Crippen molar-refractivity contribution in [3.8, 4) is 0 Å². The highest BCUT2D eigenvalue weighted by Crippen LogP contribution is 2.16. The lowest BCUT2D eigenvalue weighted by Crippen LogP contribution is -2.18. The van der Waals surface area contributed by atoms with Crippen LogP contribution in [0.1, 0.15) is 11.1 Å². The molecular weight excluding hydrogens is 260 g/mol. The third-order valence-electron chi connectivity index (χ3n) is 3.51. The molecule has 0 aliphatic rings. The van der Waals surface area contributed by atoms with E-state index in [9.17, 15) is 0 Å². The van der Waals surface area contributed by atoms with E-state index in [0.717, 1.165) is 29.0 Å². The number of rotatable bonds is 4. The van der Waals surface area contributed by atoms with Crippen LogP contribution in [0.2, 0.25) is 0 Å². The van der Waals surface area contributed by atoms with Crippen LogP contribution in [0.5, 0.6) is 0 Å².